The molecule has 2 atom stereocenters. The minimum Gasteiger partial charge on any atom is -0.305 e. The van der Waals surface area contributed by atoms with Crippen molar-refractivity contribution in [1.29, 1.82) is 5.26 Å². The first-order valence-corrected chi connectivity index (χ1v) is 5.92. The molecule has 1 heterocycles. The van der Waals surface area contributed by atoms with Crippen LogP contribution in [0, 0.1) is 11.5 Å². The van der Waals surface area contributed by atoms with Crippen LogP contribution in [0.25, 0.3) is 0 Å². The molecule has 0 aliphatic heterocycles. The van der Waals surface area contributed by atoms with Gasteiger partial charge in [0.15, 0.2) is 5.26 Å². The third-order valence-corrected chi connectivity index (χ3v) is 3.68. The summed E-state index contributed by atoms with van der Waals surface area (Å²) >= 11 is 0. The van der Waals surface area contributed by atoms with Gasteiger partial charge in [0.25, 0.3) is 0 Å². The Bertz CT molecular complexity index is 506. The van der Waals surface area contributed by atoms with Crippen molar-refractivity contribution in [3.05, 3.63) is 23.8 Å². The van der Waals surface area contributed by atoms with Crippen LogP contribution in [-0.4, -0.2) is 25.5 Å². The first kappa shape index (κ1) is 14.5. The molecule has 1 aromatic rings. The van der Waals surface area contributed by atoms with Crippen molar-refractivity contribution in [2.24, 2.45) is 0 Å². The van der Waals surface area contributed by atoms with Gasteiger partial charge in [-0.3, -0.25) is 0 Å². The van der Waals surface area contributed by atoms with E-state index in [-0.39, 0.29) is 0 Å². The Kier molecular flexibility index (Phi) is 4.37. The van der Waals surface area contributed by atoms with Gasteiger partial charge in [0, 0.05) is 18.0 Å². The van der Waals surface area contributed by atoms with E-state index >= 15 is 0 Å². The van der Waals surface area contributed by atoms with Gasteiger partial charge in [0.1, 0.15) is 11.0 Å². The average molecular weight is 279 g/mol. The van der Waals surface area contributed by atoms with Crippen LogP contribution in [0.4, 0.5) is 13.2 Å². The topological polar surface area (TPSA) is 72.8 Å². The highest BCUT2D eigenvalue weighted by molar-refractivity contribution is 7.79. The molecule has 0 amide bonds. The highest BCUT2D eigenvalue weighted by Gasteiger charge is 2.34. The molecule has 0 fully saturated rings. The zero-order valence-corrected chi connectivity index (χ0v) is 10.3. The SMILES string of the molecule is CC(c1cnc(C(F)(F)F)nc1)S(O)=[N+](C)C#N. The largest absolute Gasteiger partial charge is 0.467 e. The predicted molar refractivity (Wildman–Crippen MR) is 57.2 cm³/mol. The van der Waals surface area contributed by atoms with Crippen molar-refractivity contribution in [3.63, 3.8) is 0 Å². The number of rotatable bonds is 2. The summed E-state index contributed by atoms with van der Waals surface area (Å²) in [5, 5.41) is 8.04. The molecule has 9 heteroatoms. The van der Waals surface area contributed by atoms with Crippen molar-refractivity contribution >= 4 is 11.0 Å². The molecule has 5 nitrogen and oxygen atoms in total. The van der Waals surface area contributed by atoms with Crippen LogP contribution in [-0.2, 0) is 17.1 Å². The first-order chi connectivity index (χ1) is 8.27. The van der Waals surface area contributed by atoms with E-state index in [1.54, 1.807) is 13.1 Å². The Morgan fingerprint density at radius 2 is 1.94 bits per heavy atom. The van der Waals surface area contributed by atoms with E-state index in [4.69, 9.17) is 5.26 Å². The van der Waals surface area contributed by atoms with Gasteiger partial charge < -0.3 is 4.55 Å². The van der Waals surface area contributed by atoms with Gasteiger partial charge in [0.05, 0.1) is 12.3 Å². The van der Waals surface area contributed by atoms with Crippen LogP contribution in [0.2, 0.25) is 0 Å². The molecule has 2 unspecified atom stereocenters. The summed E-state index contributed by atoms with van der Waals surface area (Å²) in [6, 6.07) is 0. The number of hydrogen-bond acceptors (Lipinski definition) is 3. The van der Waals surface area contributed by atoms with E-state index in [0.717, 1.165) is 16.3 Å². The van der Waals surface area contributed by atoms with Crippen molar-refractivity contribution < 1.29 is 21.7 Å². The van der Waals surface area contributed by atoms with E-state index in [2.05, 4.69) is 9.97 Å². The van der Waals surface area contributed by atoms with Crippen molar-refractivity contribution in [3.8, 4) is 6.19 Å². The number of nitriles is 1. The summed E-state index contributed by atoms with van der Waals surface area (Å²) in [5.74, 6) is -1.23. The summed E-state index contributed by atoms with van der Waals surface area (Å²) in [6.45, 7) is 1.57. The predicted octanol–water partition coefficient (Wildman–Crippen LogP) is 1.95. The number of aromatic nitrogens is 2. The molecule has 1 N–H and O–H groups in total. The van der Waals surface area contributed by atoms with Crippen molar-refractivity contribution in [2.45, 2.75) is 18.3 Å². The first-order valence-electron chi connectivity index (χ1n) is 4.72. The fourth-order valence-corrected chi connectivity index (χ4v) is 2.02. The maximum Gasteiger partial charge on any atom is 0.467 e. The Balaban J connectivity index is 3.04. The maximum absolute atomic E-state index is 12.2. The van der Waals surface area contributed by atoms with Gasteiger partial charge in [-0.15, -0.1) is 3.95 Å². The van der Waals surface area contributed by atoms with Crippen molar-refractivity contribution in [2.75, 3.05) is 7.05 Å². The van der Waals surface area contributed by atoms with E-state index in [1.165, 1.54) is 7.05 Å². The van der Waals surface area contributed by atoms with E-state index < -0.39 is 28.2 Å². The van der Waals surface area contributed by atoms with E-state index in [1.807, 2.05) is 0 Å². The monoisotopic (exact) mass is 279 g/mol. The summed E-state index contributed by atoms with van der Waals surface area (Å²) < 4.78 is 47.5. The molecular weight excluding hydrogens is 269 g/mol. The molecule has 1 rings (SSSR count). The quantitative estimate of drug-likeness (QED) is 0.510. The molecule has 18 heavy (non-hydrogen) atoms. The number of halogens is 3. The average Bonchev–Trinajstić information content (AvgIpc) is 2.35. The van der Waals surface area contributed by atoms with Crippen LogP contribution >= 0.6 is 0 Å². The Morgan fingerprint density at radius 3 is 2.33 bits per heavy atom. The van der Waals surface area contributed by atoms with E-state index in [9.17, 15) is 17.7 Å². The molecule has 0 radical (unpaired) electrons. The summed E-state index contributed by atoms with van der Waals surface area (Å²) in [7, 11) is -0.0478. The van der Waals surface area contributed by atoms with Gasteiger partial charge in [-0.1, -0.05) is 0 Å². The zero-order valence-electron chi connectivity index (χ0n) is 9.51. The molecule has 0 bridgehead atoms. The summed E-state index contributed by atoms with van der Waals surface area (Å²) in [5.41, 5.74) is 0.330. The maximum atomic E-state index is 12.2. The molecule has 0 saturated carbocycles. The van der Waals surface area contributed by atoms with Crippen LogP contribution in [0.5, 0.6) is 0 Å². The molecular formula is C9H10F3N4OS+. The molecule has 0 spiro atoms. The smallest absolute Gasteiger partial charge is 0.305 e. The number of hydrogen-bond donors (Lipinski definition) is 1. The molecule has 0 aliphatic carbocycles. The molecule has 0 saturated heterocycles. The minimum atomic E-state index is -4.59. The lowest BCUT2D eigenvalue weighted by Gasteiger charge is -2.10. The second-order valence-electron chi connectivity index (χ2n) is 3.37. The van der Waals surface area contributed by atoms with Crippen LogP contribution in [0.15, 0.2) is 12.4 Å². The lowest BCUT2D eigenvalue weighted by atomic mass is 10.2. The third-order valence-electron chi connectivity index (χ3n) is 2.13. The van der Waals surface area contributed by atoms with Gasteiger partial charge in [0.2, 0.25) is 5.82 Å². The Morgan fingerprint density at radius 1 is 1.44 bits per heavy atom. The fraction of sp³-hybridized carbons (Fsp3) is 0.444. The van der Waals surface area contributed by atoms with Gasteiger partial charge in [-0.05, 0) is 6.92 Å². The van der Waals surface area contributed by atoms with Crippen LogP contribution in [0.3, 0.4) is 0 Å². The Labute approximate surface area is 104 Å². The highest BCUT2D eigenvalue weighted by atomic mass is 32.2. The second-order valence-corrected chi connectivity index (χ2v) is 5.21. The fourth-order valence-electron chi connectivity index (χ4n) is 1.10. The molecule has 1 aromatic heterocycles. The van der Waals surface area contributed by atoms with Gasteiger partial charge >= 0.3 is 12.4 Å². The van der Waals surface area contributed by atoms with Crippen LogP contribution < -0.4 is 0 Å². The molecule has 98 valence electrons. The number of alkyl halides is 3. The second kappa shape index (κ2) is 5.41. The third kappa shape index (κ3) is 3.24. The highest BCUT2D eigenvalue weighted by Crippen LogP contribution is 2.26. The summed E-state index contributed by atoms with van der Waals surface area (Å²) in [4.78, 5) is 6.39. The van der Waals surface area contributed by atoms with Crippen LogP contribution in [0.1, 0.15) is 23.6 Å². The van der Waals surface area contributed by atoms with Crippen molar-refractivity contribution in [1.82, 2.24) is 9.97 Å². The molecule has 0 aliphatic rings. The lowest BCUT2D eigenvalue weighted by Crippen LogP contribution is -2.14. The van der Waals surface area contributed by atoms with Gasteiger partial charge in [-0.25, -0.2) is 9.97 Å². The summed E-state index contributed by atoms with van der Waals surface area (Å²) in [6.07, 6.45) is -0.861. The lowest BCUT2D eigenvalue weighted by molar-refractivity contribution is -0.379. The Hall–Kier alpha value is -1.53. The normalized spacial score (nSPS) is 15.7. The minimum absolute atomic E-state index is 0.330. The van der Waals surface area contributed by atoms with Gasteiger partial charge in [-0.2, -0.15) is 13.2 Å². The number of nitrogens with zero attached hydrogens (tertiary/aromatic N) is 4. The zero-order chi connectivity index (χ0) is 13.9. The standard InChI is InChI=1S/C9H9F3N4OS/c1-6(18(17)16(2)5-13)7-3-14-8(15-4-7)9(10,11)12/h3-4,6H,1-2H3/p+1. The molecule has 0 aromatic carbocycles. The van der Waals surface area contributed by atoms with E-state index in [0.29, 0.717) is 5.56 Å².